The van der Waals surface area contributed by atoms with Gasteiger partial charge in [-0.1, -0.05) is 38.1 Å². The summed E-state index contributed by atoms with van der Waals surface area (Å²) in [6, 6.07) is 7.71. The molecule has 0 radical (unpaired) electrons. The number of ether oxygens (including phenoxy) is 1. The predicted molar refractivity (Wildman–Crippen MR) is 86.2 cm³/mol. The van der Waals surface area contributed by atoms with Gasteiger partial charge in [0, 0.05) is 5.69 Å². The zero-order valence-corrected chi connectivity index (χ0v) is 13.2. The third kappa shape index (κ3) is 2.88. The lowest BCUT2D eigenvalue weighted by Gasteiger charge is -2.21. The summed E-state index contributed by atoms with van der Waals surface area (Å²) >= 11 is 0. The number of hydrogen-bond acceptors (Lipinski definition) is 3. The molecule has 2 heterocycles. The second kappa shape index (κ2) is 6.16. The molecule has 1 aromatic carbocycles. The normalized spacial score (nSPS) is 29.5. The van der Waals surface area contributed by atoms with Gasteiger partial charge < -0.3 is 15.2 Å². The van der Waals surface area contributed by atoms with Crippen molar-refractivity contribution in [2.45, 2.75) is 38.4 Å². The van der Waals surface area contributed by atoms with E-state index in [2.05, 4.69) is 19.2 Å². The van der Waals surface area contributed by atoms with E-state index in [0.29, 0.717) is 11.6 Å². The summed E-state index contributed by atoms with van der Waals surface area (Å²) in [7, 11) is 0. The van der Waals surface area contributed by atoms with E-state index in [1.54, 1.807) is 12.2 Å². The quantitative estimate of drug-likeness (QED) is 0.819. The highest BCUT2D eigenvalue weighted by Gasteiger charge is 2.53. The molecule has 5 heteroatoms. The first kappa shape index (κ1) is 15.7. The van der Waals surface area contributed by atoms with Gasteiger partial charge >= 0.3 is 5.97 Å². The first-order valence-corrected chi connectivity index (χ1v) is 7.98. The lowest BCUT2D eigenvalue weighted by Crippen LogP contribution is -2.39. The topological polar surface area (TPSA) is 75.6 Å². The Morgan fingerprint density at radius 3 is 2.35 bits per heavy atom. The molecule has 1 aromatic rings. The molecular weight excluding hydrogens is 294 g/mol. The Labute approximate surface area is 135 Å². The Morgan fingerprint density at radius 2 is 1.78 bits per heavy atom. The summed E-state index contributed by atoms with van der Waals surface area (Å²) in [6.45, 7) is 4.29. The molecule has 5 atom stereocenters. The molecule has 2 aliphatic rings. The number of benzene rings is 1. The van der Waals surface area contributed by atoms with Gasteiger partial charge in [0.2, 0.25) is 5.91 Å². The fourth-order valence-electron chi connectivity index (χ4n) is 3.27. The molecule has 1 fully saturated rings. The van der Waals surface area contributed by atoms with Crippen molar-refractivity contribution >= 4 is 17.6 Å². The number of amides is 1. The highest BCUT2D eigenvalue weighted by atomic mass is 16.5. The van der Waals surface area contributed by atoms with Crippen LogP contribution < -0.4 is 5.32 Å². The summed E-state index contributed by atoms with van der Waals surface area (Å²) in [4.78, 5) is 23.9. The average molecular weight is 315 g/mol. The van der Waals surface area contributed by atoms with Crippen LogP contribution in [0.5, 0.6) is 0 Å². The van der Waals surface area contributed by atoms with E-state index in [-0.39, 0.29) is 5.91 Å². The molecule has 1 amide bonds. The Hall–Kier alpha value is -2.14. The molecule has 0 aromatic heterocycles. The van der Waals surface area contributed by atoms with Gasteiger partial charge in [0.1, 0.15) is 5.92 Å². The van der Waals surface area contributed by atoms with Gasteiger partial charge in [-0.15, -0.1) is 0 Å². The van der Waals surface area contributed by atoms with Crippen molar-refractivity contribution in [3.63, 3.8) is 0 Å². The third-order valence-electron chi connectivity index (χ3n) is 4.85. The van der Waals surface area contributed by atoms with Gasteiger partial charge in [0.05, 0.1) is 18.1 Å². The number of carboxylic acid groups (broad SMARTS) is 1. The number of carbonyl (C=O) groups is 2. The summed E-state index contributed by atoms with van der Waals surface area (Å²) in [6.07, 6.45) is 3.62. The molecule has 0 unspecified atom stereocenters. The van der Waals surface area contributed by atoms with E-state index in [4.69, 9.17) is 4.74 Å². The summed E-state index contributed by atoms with van der Waals surface area (Å²) in [5.41, 5.74) is 1.90. The van der Waals surface area contributed by atoms with Gasteiger partial charge in [-0.3, -0.25) is 9.59 Å². The predicted octanol–water partition coefficient (Wildman–Crippen LogP) is 2.79. The highest BCUT2D eigenvalue weighted by Crippen LogP contribution is 2.39. The Bertz CT molecular complexity index is 637. The molecule has 0 saturated carbocycles. The number of aliphatic carboxylic acids is 1. The van der Waals surface area contributed by atoms with Crippen molar-refractivity contribution in [2.24, 2.45) is 11.8 Å². The van der Waals surface area contributed by atoms with Gasteiger partial charge in [-0.2, -0.15) is 0 Å². The van der Waals surface area contributed by atoms with E-state index in [1.807, 2.05) is 24.3 Å². The number of carbonyl (C=O) groups excluding carboxylic acids is 1. The minimum Gasteiger partial charge on any atom is -0.481 e. The van der Waals surface area contributed by atoms with E-state index in [0.717, 1.165) is 6.42 Å². The second-order valence-corrected chi connectivity index (χ2v) is 6.26. The largest absolute Gasteiger partial charge is 0.481 e. The SMILES string of the molecule is CC[C@H](C)c1ccc(NC(=O)[C@H]2[C@@H](C(=O)O)[C@@H]3C=C[C@@H]2O3)cc1. The molecule has 2 N–H and O–H groups in total. The van der Waals surface area contributed by atoms with Crippen molar-refractivity contribution in [1.82, 2.24) is 0 Å². The third-order valence-corrected chi connectivity index (χ3v) is 4.85. The number of anilines is 1. The van der Waals surface area contributed by atoms with E-state index < -0.39 is 30.0 Å². The first-order chi connectivity index (χ1) is 11.0. The Balaban J connectivity index is 1.72. The van der Waals surface area contributed by atoms with E-state index in [9.17, 15) is 14.7 Å². The fraction of sp³-hybridized carbons (Fsp3) is 0.444. The maximum atomic E-state index is 12.5. The van der Waals surface area contributed by atoms with Gasteiger partial charge in [-0.05, 0) is 30.0 Å². The van der Waals surface area contributed by atoms with Crippen LogP contribution in [0.25, 0.3) is 0 Å². The molecule has 2 aliphatic heterocycles. The number of carboxylic acids is 1. The zero-order valence-electron chi connectivity index (χ0n) is 13.2. The monoisotopic (exact) mass is 315 g/mol. The molecule has 122 valence electrons. The van der Waals surface area contributed by atoms with Crippen LogP contribution in [0.2, 0.25) is 0 Å². The maximum absolute atomic E-state index is 12.5. The lowest BCUT2D eigenvalue weighted by atomic mass is 9.82. The van der Waals surface area contributed by atoms with Crippen molar-refractivity contribution in [2.75, 3.05) is 5.32 Å². The molecule has 3 rings (SSSR count). The van der Waals surface area contributed by atoms with E-state index >= 15 is 0 Å². The average Bonchev–Trinajstić information content (AvgIpc) is 3.15. The van der Waals surface area contributed by atoms with Crippen LogP contribution in [-0.2, 0) is 14.3 Å². The Morgan fingerprint density at radius 1 is 1.17 bits per heavy atom. The summed E-state index contributed by atoms with van der Waals surface area (Å²) in [5, 5.41) is 12.2. The van der Waals surface area contributed by atoms with Crippen LogP contribution in [0, 0.1) is 11.8 Å². The molecule has 1 saturated heterocycles. The van der Waals surface area contributed by atoms with Crippen LogP contribution in [0.3, 0.4) is 0 Å². The zero-order chi connectivity index (χ0) is 16.6. The maximum Gasteiger partial charge on any atom is 0.310 e. The number of fused-ring (bicyclic) bond motifs is 2. The van der Waals surface area contributed by atoms with Gasteiger partial charge in [0.15, 0.2) is 0 Å². The van der Waals surface area contributed by atoms with Crippen LogP contribution in [-0.4, -0.2) is 29.2 Å². The number of hydrogen-bond donors (Lipinski definition) is 2. The molecule has 5 nitrogen and oxygen atoms in total. The van der Waals surface area contributed by atoms with E-state index in [1.165, 1.54) is 5.56 Å². The standard InChI is InChI=1S/C18H21NO4/c1-3-10(2)11-4-6-12(7-5-11)19-17(20)15-13-8-9-14(23-13)16(15)18(21)22/h4-10,13-16H,3H2,1-2H3,(H,19,20)(H,21,22)/t10-,13-,14-,15+,16-/m0/s1. The second-order valence-electron chi connectivity index (χ2n) is 6.26. The molecular formula is C18H21NO4. The van der Waals surface area contributed by atoms with Gasteiger partial charge in [0.25, 0.3) is 0 Å². The summed E-state index contributed by atoms with van der Waals surface area (Å²) < 4.78 is 5.53. The van der Waals surface area contributed by atoms with Gasteiger partial charge in [-0.25, -0.2) is 0 Å². The molecule has 2 bridgehead atoms. The number of nitrogens with one attached hydrogen (secondary N) is 1. The van der Waals surface area contributed by atoms with Crippen molar-refractivity contribution in [3.05, 3.63) is 42.0 Å². The number of rotatable bonds is 5. The summed E-state index contributed by atoms with van der Waals surface area (Å²) in [5.74, 6) is -2.32. The smallest absolute Gasteiger partial charge is 0.310 e. The molecule has 0 spiro atoms. The highest BCUT2D eigenvalue weighted by molar-refractivity contribution is 5.96. The van der Waals surface area contributed by atoms with Crippen molar-refractivity contribution in [3.8, 4) is 0 Å². The minimum atomic E-state index is -0.992. The van der Waals surface area contributed by atoms with Crippen molar-refractivity contribution < 1.29 is 19.4 Å². The first-order valence-electron chi connectivity index (χ1n) is 7.98. The van der Waals surface area contributed by atoms with Crippen LogP contribution in [0.1, 0.15) is 31.7 Å². The fourth-order valence-corrected chi connectivity index (χ4v) is 3.27. The lowest BCUT2D eigenvalue weighted by molar-refractivity contribution is -0.145. The minimum absolute atomic E-state index is 0.300. The van der Waals surface area contributed by atoms with Crippen LogP contribution >= 0.6 is 0 Å². The van der Waals surface area contributed by atoms with Crippen LogP contribution in [0.4, 0.5) is 5.69 Å². The molecule has 0 aliphatic carbocycles. The van der Waals surface area contributed by atoms with Crippen LogP contribution in [0.15, 0.2) is 36.4 Å². The van der Waals surface area contributed by atoms with Crippen molar-refractivity contribution in [1.29, 1.82) is 0 Å². The Kier molecular flexibility index (Phi) is 4.22. The molecule has 23 heavy (non-hydrogen) atoms.